The molecule has 1 aromatic rings. The molecule has 0 bridgehead atoms. The van der Waals surface area contributed by atoms with Gasteiger partial charge in [0, 0.05) is 6.54 Å². The highest BCUT2D eigenvalue weighted by molar-refractivity contribution is 7.87. The molecule has 0 saturated carbocycles. The number of alkyl halides is 3. The zero-order valence-corrected chi connectivity index (χ0v) is 10.6. The fraction of sp³-hybridized carbons (Fsp3) is 0.273. The second-order valence-electron chi connectivity index (χ2n) is 3.61. The van der Waals surface area contributed by atoms with Gasteiger partial charge in [0.1, 0.15) is 5.76 Å². The number of nitrogens with one attached hydrogen (secondary N) is 1. The minimum absolute atomic E-state index is 0.204. The van der Waals surface area contributed by atoms with Gasteiger partial charge in [-0.1, -0.05) is 36.9 Å². The van der Waals surface area contributed by atoms with Crippen molar-refractivity contribution < 1.29 is 25.8 Å². The molecule has 0 aliphatic carbocycles. The van der Waals surface area contributed by atoms with Crippen molar-refractivity contribution in [3.8, 4) is 0 Å². The van der Waals surface area contributed by atoms with Crippen molar-refractivity contribution in [2.24, 2.45) is 0 Å². The molecule has 0 spiro atoms. The highest BCUT2D eigenvalue weighted by Crippen LogP contribution is 2.25. The van der Waals surface area contributed by atoms with Gasteiger partial charge < -0.3 is 9.50 Å². The normalized spacial score (nSPS) is 12.2. The number of benzene rings is 1. The molecule has 8 heteroatoms. The summed E-state index contributed by atoms with van der Waals surface area (Å²) < 4.78 is 61.2. The first-order valence-electron chi connectivity index (χ1n) is 5.15. The van der Waals surface area contributed by atoms with E-state index in [-0.39, 0.29) is 6.54 Å². The molecule has 0 aliphatic heterocycles. The Labute approximate surface area is 109 Å². The van der Waals surface area contributed by atoms with Crippen LogP contribution in [0, 0.1) is 0 Å². The summed E-state index contributed by atoms with van der Waals surface area (Å²) in [7, 11) is -5.63. The highest BCUT2D eigenvalue weighted by atomic mass is 32.2. The van der Waals surface area contributed by atoms with Crippen LogP contribution in [0.3, 0.4) is 0 Å². The molecule has 106 valence electrons. The van der Waals surface area contributed by atoms with Gasteiger partial charge >= 0.3 is 15.6 Å². The van der Waals surface area contributed by atoms with E-state index in [0.717, 1.165) is 5.56 Å². The van der Waals surface area contributed by atoms with E-state index >= 15 is 0 Å². The Bertz CT molecular complexity index is 526. The van der Waals surface area contributed by atoms with E-state index < -0.39 is 21.4 Å². The van der Waals surface area contributed by atoms with Crippen LogP contribution in [0.4, 0.5) is 13.2 Å². The topological polar surface area (TPSA) is 55.4 Å². The van der Waals surface area contributed by atoms with Gasteiger partial charge in [-0.3, -0.25) is 0 Å². The third-order valence-electron chi connectivity index (χ3n) is 2.01. The lowest BCUT2D eigenvalue weighted by molar-refractivity contribution is -0.0522. The van der Waals surface area contributed by atoms with E-state index in [4.69, 9.17) is 0 Å². The second kappa shape index (κ2) is 6.07. The maximum absolute atomic E-state index is 12.0. The highest BCUT2D eigenvalue weighted by Gasteiger charge is 2.48. The van der Waals surface area contributed by atoms with E-state index in [2.05, 4.69) is 16.1 Å². The predicted octanol–water partition coefficient (Wildman–Crippen LogP) is 2.16. The number of hydrogen-bond donors (Lipinski definition) is 1. The quantitative estimate of drug-likeness (QED) is 0.496. The molecule has 4 nitrogen and oxygen atoms in total. The Morgan fingerprint density at radius 1 is 1.26 bits per heavy atom. The summed E-state index contributed by atoms with van der Waals surface area (Å²) in [6.45, 7) is 3.27. The summed E-state index contributed by atoms with van der Waals surface area (Å²) in [5, 5.41) is 2.72. The van der Waals surface area contributed by atoms with Crippen LogP contribution in [-0.2, 0) is 20.8 Å². The SMILES string of the molecule is C=C(CNCc1ccccc1)OS(=O)(=O)C(F)(F)F. The minimum Gasteiger partial charge on any atom is -0.380 e. The zero-order chi connectivity index (χ0) is 14.5. The molecule has 0 radical (unpaired) electrons. The van der Waals surface area contributed by atoms with E-state index in [0.29, 0.717) is 6.54 Å². The Morgan fingerprint density at radius 2 is 1.84 bits per heavy atom. The van der Waals surface area contributed by atoms with Gasteiger partial charge in [-0.2, -0.15) is 21.6 Å². The Balaban J connectivity index is 2.41. The summed E-state index contributed by atoms with van der Waals surface area (Å²) in [5.74, 6) is -0.520. The lowest BCUT2D eigenvalue weighted by Gasteiger charge is -2.12. The second-order valence-corrected chi connectivity index (χ2v) is 5.15. The Morgan fingerprint density at radius 3 is 2.37 bits per heavy atom. The first kappa shape index (κ1) is 15.5. The zero-order valence-electron chi connectivity index (χ0n) is 9.77. The average Bonchev–Trinajstić information content (AvgIpc) is 2.28. The molecule has 0 saturated heterocycles. The van der Waals surface area contributed by atoms with Crippen LogP contribution in [0.25, 0.3) is 0 Å². The third-order valence-corrected chi connectivity index (χ3v) is 3.03. The molecular formula is C11H12F3NO3S. The van der Waals surface area contributed by atoms with Crippen LogP contribution in [0.5, 0.6) is 0 Å². The van der Waals surface area contributed by atoms with Crippen molar-refractivity contribution in [3.05, 3.63) is 48.2 Å². The predicted molar refractivity (Wildman–Crippen MR) is 63.3 cm³/mol. The van der Waals surface area contributed by atoms with Gasteiger partial charge in [0.05, 0.1) is 6.54 Å². The Kier molecular flexibility index (Phi) is 4.96. The monoisotopic (exact) mass is 295 g/mol. The maximum atomic E-state index is 12.0. The third kappa shape index (κ3) is 4.92. The molecule has 1 aromatic carbocycles. The fourth-order valence-electron chi connectivity index (χ4n) is 1.17. The van der Waals surface area contributed by atoms with Gasteiger partial charge in [0.15, 0.2) is 0 Å². The van der Waals surface area contributed by atoms with E-state index in [1.165, 1.54) is 0 Å². The summed E-state index contributed by atoms with van der Waals surface area (Å²) >= 11 is 0. The molecule has 0 aromatic heterocycles. The molecule has 0 aliphatic rings. The van der Waals surface area contributed by atoms with Gasteiger partial charge in [-0.05, 0) is 5.56 Å². The van der Waals surface area contributed by atoms with Crippen LogP contribution in [0.2, 0.25) is 0 Å². The largest absolute Gasteiger partial charge is 0.534 e. The lowest BCUT2D eigenvalue weighted by atomic mass is 10.2. The van der Waals surface area contributed by atoms with Crippen LogP contribution >= 0.6 is 0 Å². The van der Waals surface area contributed by atoms with Crippen molar-refractivity contribution >= 4 is 10.1 Å². The number of hydrogen-bond acceptors (Lipinski definition) is 4. The maximum Gasteiger partial charge on any atom is 0.534 e. The molecule has 1 rings (SSSR count). The Hall–Kier alpha value is -1.54. The fourth-order valence-corrected chi connectivity index (χ4v) is 1.64. The van der Waals surface area contributed by atoms with Crippen molar-refractivity contribution in [1.82, 2.24) is 5.32 Å². The van der Waals surface area contributed by atoms with E-state index in [1.807, 2.05) is 18.2 Å². The molecule has 0 atom stereocenters. The smallest absolute Gasteiger partial charge is 0.380 e. The first-order chi connectivity index (χ1) is 8.72. The molecule has 1 N–H and O–H groups in total. The average molecular weight is 295 g/mol. The van der Waals surface area contributed by atoms with Crippen LogP contribution in [-0.4, -0.2) is 20.5 Å². The van der Waals surface area contributed by atoms with Crippen LogP contribution in [0.15, 0.2) is 42.7 Å². The van der Waals surface area contributed by atoms with Crippen molar-refractivity contribution in [3.63, 3.8) is 0 Å². The summed E-state index contributed by atoms with van der Waals surface area (Å²) in [6, 6.07) is 9.04. The molecule has 0 fully saturated rings. The van der Waals surface area contributed by atoms with Crippen LogP contribution in [0.1, 0.15) is 5.56 Å². The molecule has 0 heterocycles. The van der Waals surface area contributed by atoms with Crippen LogP contribution < -0.4 is 5.32 Å². The van der Waals surface area contributed by atoms with Gasteiger partial charge in [-0.15, -0.1) is 0 Å². The number of halogens is 3. The summed E-state index contributed by atoms with van der Waals surface area (Å²) in [6.07, 6.45) is 0. The molecule has 0 unspecified atom stereocenters. The van der Waals surface area contributed by atoms with Crippen molar-refractivity contribution in [1.29, 1.82) is 0 Å². The summed E-state index contributed by atoms with van der Waals surface area (Å²) in [5.41, 5.74) is -4.55. The first-order valence-corrected chi connectivity index (χ1v) is 6.56. The van der Waals surface area contributed by atoms with E-state index in [9.17, 15) is 21.6 Å². The molecular weight excluding hydrogens is 283 g/mol. The van der Waals surface area contributed by atoms with Gasteiger partial charge in [0.25, 0.3) is 0 Å². The standard InChI is InChI=1S/C11H12F3NO3S/c1-9(18-19(16,17)11(12,13)14)7-15-8-10-5-3-2-4-6-10/h2-6,15H,1,7-8H2. The minimum atomic E-state index is -5.63. The van der Waals surface area contributed by atoms with Gasteiger partial charge in [-0.25, -0.2) is 0 Å². The molecule has 19 heavy (non-hydrogen) atoms. The van der Waals surface area contributed by atoms with Crippen molar-refractivity contribution in [2.75, 3.05) is 6.54 Å². The van der Waals surface area contributed by atoms with E-state index in [1.54, 1.807) is 12.1 Å². The summed E-state index contributed by atoms with van der Waals surface area (Å²) in [4.78, 5) is 0. The number of rotatable bonds is 6. The molecule has 0 amide bonds. The van der Waals surface area contributed by atoms with Crippen molar-refractivity contribution in [2.45, 2.75) is 12.1 Å². The lowest BCUT2D eigenvalue weighted by Crippen LogP contribution is -2.27. The van der Waals surface area contributed by atoms with Gasteiger partial charge in [0.2, 0.25) is 0 Å².